The molecule has 3 aromatic carbocycles. The molecule has 4 rings (SSSR count). The smallest absolute Gasteiger partial charge is 0.0324 e. The van der Waals surface area contributed by atoms with Crippen LogP contribution in [0.3, 0.4) is 0 Å². The number of hydrogen-bond acceptors (Lipinski definition) is 0. The van der Waals surface area contributed by atoms with Crippen molar-refractivity contribution in [3.63, 3.8) is 0 Å². The molecule has 0 saturated heterocycles. The largest absolute Gasteiger partial charge is 0.0622 e. The molecule has 108 valence electrons. The van der Waals surface area contributed by atoms with Crippen LogP contribution in [0, 0.1) is 11.8 Å². The number of allylic oxidation sites excluding steroid dienone is 1. The SMILES string of the molecule is C(#Cc1cccc2c1C=C(c1ccccc1)C2)c1ccccc1. The summed E-state index contributed by atoms with van der Waals surface area (Å²) in [7, 11) is 0. The fraction of sp³-hybridized carbons (Fsp3) is 0.0435. The Morgan fingerprint density at radius 2 is 1.39 bits per heavy atom. The maximum atomic E-state index is 3.34. The summed E-state index contributed by atoms with van der Waals surface area (Å²) in [5.74, 6) is 6.60. The summed E-state index contributed by atoms with van der Waals surface area (Å²) in [5.41, 5.74) is 7.46. The van der Waals surface area contributed by atoms with E-state index in [0.717, 1.165) is 17.5 Å². The molecule has 23 heavy (non-hydrogen) atoms. The molecular weight excluding hydrogens is 276 g/mol. The van der Waals surface area contributed by atoms with Gasteiger partial charge in [0.1, 0.15) is 0 Å². The first kappa shape index (κ1) is 13.6. The molecule has 0 fully saturated rings. The van der Waals surface area contributed by atoms with Gasteiger partial charge in [0.25, 0.3) is 0 Å². The molecular formula is C23H16. The second kappa shape index (κ2) is 5.99. The van der Waals surface area contributed by atoms with E-state index in [0.29, 0.717) is 0 Å². The van der Waals surface area contributed by atoms with Crippen LogP contribution in [0.2, 0.25) is 0 Å². The van der Waals surface area contributed by atoms with Crippen molar-refractivity contribution in [2.75, 3.05) is 0 Å². The lowest BCUT2D eigenvalue weighted by molar-refractivity contribution is 1.31. The highest BCUT2D eigenvalue weighted by atomic mass is 14.2. The molecule has 0 bridgehead atoms. The van der Waals surface area contributed by atoms with Crippen LogP contribution in [0.25, 0.3) is 11.6 Å². The molecule has 0 heteroatoms. The van der Waals surface area contributed by atoms with Crippen LogP contribution in [0.4, 0.5) is 0 Å². The molecule has 0 radical (unpaired) electrons. The van der Waals surface area contributed by atoms with Gasteiger partial charge in [-0.1, -0.05) is 72.5 Å². The summed E-state index contributed by atoms with van der Waals surface area (Å²) in [6, 6.07) is 27.2. The summed E-state index contributed by atoms with van der Waals surface area (Å²) in [6.45, 7) is 0. The molecule has 0 aliphatic heterocycles. The van der Waals surface area contributed by atoms with Crippen molar-refractivity contribution in [2.45, 2.75) is 6.42 Å². The van der Waals surface area contributed by atoms with Gasteiger partial charge in [-0.3, -0.25) is 0 Å². The third-order valence-corrected chi connectivity index (χ3v) is 4.16. The fourth-order valence-electron chi connectivity index (χ4n) is 2.98. The molecule has 0 saturated carbocycles. The first-order valence-electron chi connectivity index (χ1n) is 7.85. The van der Waals surface area contributed by atoms with E-state index in [1.165, 1.54) is 22.3 Å². The van der Waals surface area contributed by atoms with Crippen LogP contribution < -0.4 is 0 Å². The van der Waals surface area contributed by atoms with Gasteiger partial charge in [-0.15, -0.1) is 0 Å². The van der Waals surface area contributed by atoms with Gasteiger partial charge < -0.3 is 0 Å². The van der Waals surface area contributed by atoms with E-state index in [1.54, 1.807) is 0 Å². The maximum absolute atomic E-state index is 3.34. The van der Waals surface area contributed by atoms with E-state index in [4.69, 9.17) is 0 Å². The Balaban J connectivity index is 1.72. The van der Waals surface area contributed by atoms with Gasteiger partial charge in [0, 0.05) is 11.1 Å². The van der Waals surface area contributed by atoms with Gasteiger partial charge in [0.2, 0.25) is 0 Å². The topological polar surface area (TPSA) is 0 Å². The zero-order valence-corrected chi connectivity index (χ0v) is 12.8. The minimum absolute atomic E-state index is 0.986. The maximum Gasteiger partial charge on any atom is 0.0324 e. The first-order valence-corrected chi connectivity index (χ1v) is 7.85. The molecule has 3 aromatic rings. The van der Waals surface area contributed by atoms with Crippen molar-refractivity contribution in [3.05, 3.63) is 107 Å². The Bertz CT molecular complexity index is 920. The Labute approximate surface area is 137 Å². The van der Waals surface area contributed by atoms with Crippen LogP contribution in [-0.2, 0) is 6.42 Å². The lowest BCUT2D eigenvalue weighted by Gasteiger charge is -2.01. The van der Waals surface area contributed by atoms with Crippen molar-refractivity contribution < 1.29 is 0 Å². The van der Waals surface area contributed by atoms with Crippen molar-refractivity contribution in [2.24, 2.45) is 0 Å². The lowest BCUT2D eigenvalue weighted by atomic mass is 10.0. The van der Waals surface area contributed by atoms with Gasteiger partial charge in [-0.25, -0.2) is 0 Å². The highest BCUT2D eigenvalue weighted by Gasteiger charge is 2.15. The summed E-state index contributed by atoms with van der Waals surface area (Å²) in [5, 5.41) is 0. The van der Waals surface area contributed by atoms with Crippen molar-refractivity contribution >= 4 is 11.6 Å². The van der Waals surface area contributed by atoms with Crippen LogP contribution in [0.5, 0.6) is 0 Å². The number of benzene rings is 3. The monoisotopic (exact) mass is 292 g/mol. The predicted octanol–water partition coefficient (Wildman–Crippen LogP) is 5.18. The molecule has 0 N–H and O–H groups in total. The van der Waals surface area contributed by atoms with Gasteiger partial charge in [-0.05, 0) is 53.0 Å². The Morgan fingerprint density at radius 3 is 2.17 bits per heavy atom. The Hall–Kier alpha value is -3.04. The number of fused-ring (bicyclic) bond motifs is 1. The second-order valence-electron chi connectivity index (χ2n) is 5.71. The van der Waals surface area contributed by atoms with E-state index in [-0.39, 0.29) is 0 Å². The zero-order valence-electron chi connectivity index (χ0n) is 12.8. The average molecular weight is 292 g/mol. The van der Waals surface area contributed by atoms with E-state index in [1.807, 2.05) is 30.3 Å². The molecule has 0 unspecified atom stereocenters. The minimum Gasteiger partial charge on any atom is -0.0622 e. The first-order chi connectivity index (χ1) is 11.4. The average Bonchev–Trinajstić information content (AvgIpc) is 3.06. The van der Waals surface area contributed by atoms with Crippen molar-refractivity contribution in [1.29, 1.82) is 0 Å². The van der Waals surface area contributed by atoms with E-state index < -0.39 is 0 Å². The Morgan fingerprint density at radius 1 is 0.652 bits per heavy atom. The lowest BCUT2D eigenvalue weighted by Crippen LogP contribution is -1.87. The van der Waals surface area contributed by atoms with E-state index >= 15 is 0 Å². The second-order valence-corrected chi connectivity index (χ2v) is 5.71. The molecule has 0 heterocycles. The molecule has 1 aliphatic carbocycles. The third-order valence-electron chi connectivity index (χ3n) is 4.16. The Kier molecular flexibility index (Phi) is 3.54. The summed E-state index contributed by atoms with van der Waals surface area (Å²) in [6.07, 6.45) is 3.28. The molecule has 0 amide bonds. The van der Waals surface area contributed by atoms with Gasteiger partial charge >= 0.3 is 0 Å². The fourth-order valence-corrected chi connectivity index (χ4v) is 2.98. The molecule has 0 spiro atoms. The molecule has 0 aromatic heterocycles. The van der Waals surface area contributed by atoms with Crippen molar-refractivity contribution in [3.8, 4) is 11.8 Å². The van der Waals surface area contributed by atoms with Crippen LogP contribution in [0.1, 0.15) is 27.8 Å². The predicted molar refractivity (Wildman–Crippen MR) is 96.9 cm³/mol. The molecule has 1 aliphatic rings. The highest BCUT2D eigenvalue weighted by Crippen LogP contribution is 2.33. The zero-order chi connectivity index (χ0) is 15.5. The summed E-state index contributed by atoms with van der Waals surface area (Å²) >= 11 is 0. The standard InChI is InChI=1S/C23H16/c1-3-8-18(9-4-1)14-15-20-12-7-13-21-16-22(17-23(20)21)19-10-5-2-6-11-19/h1-13,17H,16H2. The molecule has 0 atom stereocenters. The minimum atomic E-state index is 0.986. The summed E-state index contributed by atoms with van der Waals surface area (Å²) in [4.78, 5) is 0. The number of rotatable bonds is 1. The van der Waals surface area contributed by atoms with E-state index in [9.17, 15) is 0 Å². The quantitative estimate of drug-likeness (QED) is 0.542. The summed E-state index contributed by atoms with van der Waals surface area (Å²) < 4.78 is 0. The highest BCUT2D eigenvalue weighted by molar-refractivity contribution is 5.90. The van der Waals surface area contributed by atoms with Crippen LogP contribution >= 0.6 is 0 Å². The van der Waals surface area contributed by atoms with Gasteiger partial charge in [-0.2, -0.15) is 0 Å². The molecule has 0 nitrogen and oxygen atoms in total. The van der Waals surface area contributed by atoms with E-state index in [2.05, 4.69) is 66.4 Å². The third kappa shape index (κ3) is 2.82. The van der Waals surface area contributed by atoms with Crippen LogP contribution in [0.15, 0.2) is 78.9 Å². The van der Waals surface area contributed by atoms with Gasteiger partial charge in [0.05, 0.1) is 0 Å². The number of hydrogen-bond donors (Lipinski definition) is 0. The van der Waals surface area contributed by atoms with Gasteiger partial charge in [0.15, 0.2) is 0 Å². The van der Waals surface area contributed by atoms with Crippen LogP contribution in [-0.4, -0.2) is 0 Å². The van der Waals surface area contributed by atoms with Crippen molar-refractivity contribution in [1.82, 2.24) is 0 Å². The normalized spacial score (nSPS) is 12.1.